The maximum atomic E-state index is 13.8. The van der Waals surface area contributed by atoms with E-state index < -0.39 is 11.9 Å². The second kappa shape index (κ2) is 11.9. The third-order valence-corrected chi connectivity index (χ3v) is 7.70. The topological polar surface area (TPSA) is 73.9 Å². The van der Waals surface area contributed by atoms with Crippen LogP contribution in [0.5, 0.6) is 11.5 Å². The molecule has 2 atom stereocenters. The lowest BCUT2D eigenvalue weighted by Gasteiger charge is -2.36. The fourth-order valence-electron chi connectivity index (χ4n) is 5.30. The Morgan fingerprint density at radius 2 is 1.59 bits per heavy atom. The van der Waals surface area contributed by atoms with E-state index in [2.05, 4.69) is 21.2 Å². The highest BCUT2D eigenvalue weighted by molar-refractivity contribution is 9.10. The number of dihydropyridines is 1. The number of allylic oxidation sites excluding steroid dienone is 3. The predicted molar refractivity (Wildman–Crippen MR) is 153 cm³/mol. The molecule has 7 heteroatoms. The number of ether oxygens (including phenoxy) is 3. The summed E-state index contributed by atoms with van der Waals surface area (Å²) < 4.78 is 17.6. The Bertz CT molecular complexity index is 1410. The Kier molecular flexibility index (Phi) is 8.17. The first kappa shape index (κ1) is 26.8. The summed E-state index contributed by atoms with van der Waals surface area (Å²) in [7, 11) is 1.64. The number of methoxy groups -OCH3 is 1. The lowest BCUT2D eigenvalue weighted by molar-refractivity contribution is -0.140. The molecule has 3 aromatic carbocycles. The van der Waals surface area contributed by atoms with Crippen molar-refractivity contribution >= 4 is 27.7 Å². The standard InChI is InChI=1S/C32H30BrNO5/c1-20-29(32(36)39-17-16-38-26-6-4-3-5-7-26)30(22-8-12-24(33)13-9-22)31-27(34-20)18-23(19-28(31)35)21-10-14-25(37-2)15-11-21/h3-15,23,30,34H,16-19H2,1-2H3. The molecule has 0 radical (unpaired) electrons. The minimum atomic E-state index is -0.513. The molecular formula is C32H30BrNO5. The molecule has 200 valence electrons. The maximum Gasteiger partial charge on any atom is 0.336 e. The summed E-state index contributed by atoms with van der Waals surface area (Å²) in [6, 6.07) is 25.0. The van der Waals surface area contributed by atoms with Crippen molar-refractivity contribution in [2.45, 2.75) is 31.6 Å². The molecule has 3 aromatic rings. The van der Waals surface area contributed by atoms with Crippen molar-refractivity contribution in [3.05, 3.63) is 117 Å². The molecule has 0 spiro atoms. The van der Waals surface area contributed by atoms with Crippen molar-refractivity contribution in [1.29, 1.82) is 0 Å². The van der Waals surface area contributed by atoms with Crippen LogP contribution in [-0.4, -0.2) is 32.1 Å². The first-order valence-corrected chi connectivity index (χ1v) is 13.7. The second-order valence-electron chi connectivity index (χ2n) is 9.64. The number of ketones is 1. The normalized spacial score (nSPS) is 18.8. The molecule has 5 rings (SSSR count). The third-order valence-electron chi connectivity index (χ3n) is 7.17. The molecule has 0 fully saturated rings. The van der Waals surface area contributed by atoms with Crippen LogP contribution in [0.15, 0.2) is 106 Å². The number of rotatable bonds is 8. The lowest BCUT2D eigenvalue weighted by atomic mass is 9.72. The van der Waals surface area contributed by atoms with Crippen molar-refractivity contribution in [3.63, 3.8) is 0 Å². The van der Waals surface area contributed by atoms with Gasteiger partial charge in [0.25, 0.3) is 0 Å². The van der Waals surface area contributed by atoms with Gasteiger partial charge < -0.3 is 19.5 Å². The van der Waals surface area contributed by atoms with Crippen molar-refractivity contribution < 1.29 is 23.8 Å². The van der Waals surface area contributed by atoms with E-state index in [0.717, 1.165) is 27.0 Å². The number of nitrogens with one attached hydrogen (secondary N) is 1. The average molecular weight is 588 g/mol. The SMILES string of the molecule is COc1ccc(C2CC(=O)C3=C(C2)NC(C)=C(C(=O)OCCOc2ccccc2)C3c2ccc(Br)cc2)cc1. The van der Waals surface area contributed by atoms with Gasteiger partial charge in [0.1, 0.15) is 24.7 Å². The van der Waals surface area contributed by atoms with Crippen LogP contribution in [0.1, 0.15) is 42.7 Å². The summed E-state index contributed by atoms with van der Waals surface area (Å²) in [6.07, 6.45) is 1.04. The molecule has 2 aliphatic rings. The quantitative estimate of drug-likeness (QED) is 0.241. The maximum absolute atomic E-state index is 13.8. The minimum absolute atomic E-state index is 0.0303. The molecule has 0 saturated heterocycles. The van der Waals surface area contributed by atoms with Gasteiger partial charge in [0.2, 0.25) is 0 Å². The fourth-order valence-corrected chi connectivity index (χ4v) is 5.56. The fraction of sp³-hybridized carbons (Fsp3) is 0.250. The molecule has 6 nitrogen and oxygen atoms in total. The average Bonchev–Trinajstić information content (AvgIpc) is 2.95. The van der Waals surface area contributed by atoms with Crippen LogP contribution in [-0.2, 0) is 14.3 Å². The zero-order valence-corrected chi connectivity index (χ0v) is 23.5. The second-order valence-corrected chi connectivity index (χ2v) is 10.6. The van der Waals surface area contributed by atoms with Gasteiger partial charge in [0, 0.05) is 33.8 Å². The highest BCUT2D eigenvalue weighted by atomic mass is 79.9. The van der Waals surface area contributed by atoms with Gasteiger partial charge in [-0.15, -0.1) is 0 Å². The molecule has 1 N–H and O–H groups in total. The number of hydrogen-bond acceptors (Lipinski definition) is 6. The van der Waals surface area contributed by atoms with E-state index in [-0.39, 0.29) is 24.9 Å². The summed E-state index contributed by atoms with van der Waals surface area (Å²) in [5.41, 5.74) is 4.60. The van der Waals surface area contributed by atoms with E-state index in [9.17, 15) is 9.59 Å². The summed E-state index contributed by atoms with van der Waals surface area (Å²) in [6.45, 7) is 2.19. The van der Waals surface area contributed by atoms with E-state index in [1.165, 1.54) is 0 Å². The monoisotopic (exact) mass is 587 g/mol. The van der Waals surface area contributed by atoms with Crippen molar-refractivity contribution in [2.24, 2.45) is 0 Å². The van der Waals surface area contributed by atoms with Crippen LogP contribution in [0.3, 0.4) is 0 Å². The van der Waals surface area contributed by atoms with Gasteiger partial charge in [-0.05, 0) is 66.8 Å². The molecule has 0 amide bonds. The van der Waals surface area contributed by atoms with E-state index in [1.54, 1.807) is 7.11 Å². The first-order chi connectivity index (χ1) is 18.9. The summed E-state index contributed by atoms with van der Waals surface area (Å²) in [5.74, 6) is 0.592. The number of Topliss-reactive ketones (excluding diaryl/α,β-unsaturated/α-hetero) is 1. The van der Waals surface area contributed by atoms with E-state index >= 15 is 0 Å². The third kappa shape index (κ3) is 5.93. The molecule has 0 bridgehead atoms. The first-order valence-electron chi connectivity index (χ1n) is 12.9. The summed E-state index contributed by atoms with van der Waals surface area (Å²) in [5, 5.41) is 3.40. The lowest BCUT2D eigenvalue weighted by Crippen LogP contribution is -2.36. The number of esters is 1. The molecule has 39 heavy (non-hydrogen) atoms. The Balaban J connectivity index is 1.40. The zero-order chi connectivity index (χ0) is 27.4. The molecule has 0 saturated carbocycles. The van der Waals surface area contributed by atoms with Gasteiger partial charge in [0.05, 0.1) is 12.7 Å². The van der Waals surface area contributed by atoms with Crippen LogP contribution < -0.4 is 14.8 Å². The van der Waals surface area contributed by atoms with Gasteiger partial charge >= 0.3 is 5.97 Å². The smallest absolute Gasteiger partial charge is 0.336 e. The minimum Gasteiger partial charge on any atom is -0.497 e. The van der Waals surface area contributed by atoms with Gasteiger partial charge in [-0.2, -0.15) is 0 Å². The molecule has 0 aromatic heterocycles. The van der Waals surface area contributed by atoms with Crippen LogP contribution in [0.4, 0.5) is 0 Å². The van der Waals surface area contributed by atoms with Crippen LogP contribution >= 0.6 is 15.9 Å². The largest absolute Gasteiger partial charge is 0.497 e. The van der Waals surface area contributed by atoms with Gasteiger partial charge in [-0.3, -0.25) is 4.79 Å². The van der Waals surface area contributed by atoms with E-state index in [1.807, 2.05) is 85.8 Å². The van der Waals surface area contributed by atoms with E-state index in [0.29, 0.717) is 35.4 Å². The zero-order valence-electron chi connectivity index (χ0n) is 21.9. The number of hydrogen-bond donors (Lipinski definition) is 1. The molecular weight excluding hydrogens is 558 g/mol. The molecule has 2 unspecified atom stereocenters. The molecule has 1 aliphatic carbocycles. The van der Waals surface area contributed by atoms with Gasteiger partial charge in [-0.25, -0.2) is 4.79 Å². The number of carbonyl (C=O) groups excluding carboxylic acids is 2. The van der Waals surface area contributed by atoms with Gasteiger partial charge in [-0.1, -0.05) is 58.4 Å². The van der Waals surface area contributed by atoms with Crippen LogP contribution in [0.25, 0.3) is 0 Å². The van der Waals surface area contributed by atoms with Crippen LogP contribution in [0.2, 0.25) is 0 Å². The molecule has 1 aliphatic heterocycles. The number of carbonyl (C=O) groups is 2. The van der Waals surface area contributed by atoms with E-state index in [4.69, 9.17) is 14.2 Å². The highest BCUT2D eigenvalue weighted by Gasteiger charge is 2.41. The van der Waals surface area contributed by atoms with Crippen molar-refractivity contribution in [2.75, 3.05) is 20.3 Å². The van der Waals surface area contributed by atoms with Gasteiger partial charge in [0.15, 0.2) is 5.78 Å². The predicted octanol–water partition coefficient (Wildman–Crippen LogP) is 6.44. The summed E-state index contributed by atoms with van der Waals surface area (Å²) in [4.78, 5) is 27.2. The number of halogens is 1. The Hall–Kier alpha value is -3.84. The van der Waals surface area contributed by atoms with Crippen LogP contribution in [0, 0.1) is 0 Å². The Labute approximate surface area is 236 Å². The highest BCUT2D eigenvalue weighted by Crippen LogP contribution is 2.46. The van der Waals surface area contributed by atoms with Crippen molar-refractivity contribution in [1.82, 2.24) is 5.32 Å². The van der Waals surface area contributed by atoms with Crippen molar-refractivity contribution in [3.8, 4) is 11.5 Å². The Morgan fingerprint density at radius 3 is 2.28 bits per heavy atom. The summed E-state index contributed by atoms with van der Waals surface area (Å²) >= 11 is 3.49. The number of benzene rings is 3. The Morgan fingerprint density at radius 1 is 0.897 bits per heavy atom. The molecule has 1 heterocycles. The number of para-hydroxylation sites is 1.